The first-order valence-corrected chi connectivity index (χ1v) is 8.66. The van der Waals surface area contributed by atoms with Crippen LogP contribution in [0.4, 0.5) is 0 Å². The normalized spacial score (nSPS) is 17.7. The summed E-state index contributed by atoms with van der Waals surface area (Å²) >= 11 is 12.4. The SMILES string of the molecule is O=C1C(Cc2c(Cl)cccc2Cl)CCN1CCc1ccccc1. The maximum Gasteiger partial charge on any atom is 0.226 e. The van der Waals surface area contributed by atoms with Crippen LogP contribution in [0.15, 0.2) is 48.5 Å². The molecule has 0 aromatic heterocycles. The first kappa shape index (κ1) is 16.4. The highest BCUT2D eigenvalue weighted by molar-refractivity contribution is 6.36. The van der Waals surface area contributed by atoms with Crippen LogP contribution in [0.3, 0.4) is 0 Å². The molecule has 2 nitrogen and oxygen atoms in total. The molecule has 2 aromatic rings. The maximum atomic E-state index is 12.6. The second-order valence-corrected chi connectivity index (χ2v) is 6.77. The van der Waals surface area contributed by atoms with Crippen LogP contribution in [0.25, 0.3) is 0 Å². The van der Waals surface area contributed by atoms with Gasteiger partial charge in [-0.25, -0.2) is 0 Å². The van der Waals surface area contributed by atoms with E-state index in [2.05, 4.69) is 12.1 Å². The van der Waals surface area contributed by atoms with E-state index < -0.39 is 0 Å². The first-order chi connectivity index (χ1) is 11.1. The zero-order valence-electron chi connectivity index (χ0n) is 12.8. The Bertz CT molecular complexity index is 667. The van der Waals surface area contributed by atoms with Gasteiger partial charge in [0.2, 0.25) is 5.91 Å². The van der Waals surface area contributed by atoms with Crippen molar-refractivity contribution >= 4 is 29.1 Å². The van der Waals surface area contributed by atoms with E-state index in [1.54, 1.807) is 0 Å². The zero-order chi connectivity index (χ0) is 16.2. The van der Waals surface area contributed by atoms with Crippen molar-refractivity contribution in [3.8, 4) is 0 Å². The number of likely N-dealkylation sites (tertiary alicyclic amines) is 1. The average molecular weight is 348 g/mol. The molecule has 0 saturated carbocycles. The van der Waals surface area contributed by atoms with Gasteiger partial charge in [-0.05, 0) is 42.5 Å². The van der Waals surface area contributed by atoms with Crippen molar-refractivity contribution in [3.63, 3.8) is 0 Å². The monoisotopic (exact) mass is 347 g/mol. The summed E-state index contributed by atoms with van der Waals surface area (Å²) in [7, 11) is 0. The third kappa shape index (κ3) is 3.88. The van der Waals surface area contributed by atoms with Crippen LogP contribution in [0.2, 0.25) is 10.0 Å². The van der Waals surface area contributed by atoms with E-state index in [9.17, 15) is 4.79 Å². The summed E-state index contributed by atoms with van der Waals surface area (Å²) in [4.78, 5) is 14.6. The fourth-order valence-electron chi connectivity index (χ4n) is 3.10. The molecule has 1 atom stereocenters. The molecule has 0 N–H and O–H groups in total. The van der Waals surface area contributed by atoms with Crippen molar-refractivity contribution < 1.29 is 4.79 Å². The fourth-order valence-corrected chi connectivity index (χ4v) is 3.65. The van der Waals surface area contributed by atoms with Crippen LogP contribution in [0, 0.1) is 5.92 Å². The molecule has 1 aliphatic rings. The lowest BCUT2D eigenvalue weighted by Crippen LogP contribution is -2.30. The molecule has 1 fully saturated rings. The number of carbonyl (C=O) groups is 1. The lowest BCUT2D eigenvalue weighted by atomic mass is 9.98. The topological polar surface area (TPSA) is 20.3 Å². The summed E-state index contributed by atoms with van der Waals surface area (Å²) in [5.74, 6) is 0.208. The molecule has 0 aliphatic carbocycles. The van der Waals surface area contributed by atoms with Crippen LogP contribution in [0.1, 0.15) is 17.5 Å². The highest BCUT2D eigenvalue weighted by Gasteiger charge is 2.32. The summed E-state index contributed by atoms with van der Waals surface area (Å²) in [6.45, 7) is 1.59. The predicted molar refractivity (Wildman–Crippen MR) is 95.0 cm³/mol. The van der Waals surface area contributed by atoms with Crippen molar-refractivity contribution in [1.82, 2.24) is 4.90 Å². The Morgan fingerprint density at radius 3 is 2.39 bits per heavy atom. The Balaban J connectivity index is 1.60. The smallest absolute Gasteiger partial charge is 0.226 e. The molecule has 3 rings (SSSR count). The van der Waals surface area contributed by atoms with E-state index in [0.717, 1.165) is 31.5 Å². The number of hydrogen-bond acceptors (Lipinski definition) is 1. The second-order valence-electron chi connectivity index (χ2n) is 5.95. The van der Waals surface area contributed by atoms with Crippen LogP contribution < -0.4 is 0 Å². The van der Waals surface area contributed by atoms with Gasteiger partial charge in [0.25, 0.3) is 0 Å². The molecule has 120 valence electrons. The molecule has 23 heavy (non-hydrogen) atoms. The second kappa shape index (κ2) is 7.37. The summed E-state index contributed by atoms with van der Waals surface area (Å²) in [6, 6.07) is 15.8. The summed E-state index contributed by atoms with van der Waals surface area (Å²) in [6.07, 6.45) is 2.39. The molecule has 1 amide bonds. The van der Waals surface area contributed by atoms with Gasteiger partial charge in [-0.2, -0.15) is 0 Å². The Hall–Kier alpha value is -1.51. The van der Waals surface area contributed by atoms with E-state index in [4.69, 9.17) is 23.2 Å². The average Bonchev–Trinajstić information content (AvgIpc) is 2.90. The molecule has 1 saturated heterocycles. The first-order valence-electron chi connectivity index (χ1n) is 7.91. The van der Waals surface area contributed by atoms with Gasteiger partial charge in [0.05, 0.1) is 0 Å². The van der Waals surface area contributed by atoms with E-state index in [1.165, 1.54) is 5.56 Å². The molecular formula is C19H19Cl2NO. The van der Waals surface area contributed by atoms with Gasteiger partial charge < -0.3 is 4.90 Å². The van der Waals surface area contributed by atoms with Gasteiger partial charge >= 0.3 is 0 Å². The van der Waals surface area contributed by atoms with Crippen molar-refractivity contribution in [2.45, 2.75) is 19.3 Å². The van der Waals surface area contributed by atoms with Crippen LogP contribution >= 0.6 is 23.2 Å². The molecule has 0 bridgehead atoms. The Labute approximate surface area is 147 Å². The van der Waals surface area contributed by atoms with E-state index in [1.807, 2.05) is 41.3 Å². The van der Waals surface area contributed by atoms with Gasteiger partial charge in [0, 0.05) is 29.1 Å². The van der Waals surface area contributed by atoms with Gasteiger partial charge in [0.1, 0.15) is 0 Å². The molecule has 4 heteroatoms. The Morgan fingerprint density at radius 1 is 1.00 bits per heavy atom. The third-order valence-electron chi connectivity index (χ3n) is 4.43. The van der Waals surface area contributed by atoms with Crippen molar-refractivity contribution in [3.05, 3.63) is 69.7 Å². The van der Waals surface area contributed by atoms with E-state index >= 15 is 0 Å². The summed E-state index contributed by atoms with van der Waals surface area (Å²) in [5, 5.41) is 1.29. The lowest BCUT2D eigenvalue weighted by Gasteiger charge is -2.17. The Morgan fingerprint density at radius 2 is 1.70 bits per heavy atom. The van der Waals surface area contributed by atoms with Gasteiger partial charge in [-0.3, -0.25) is 4.79 Å². The minimum atomic E-state index is -0.0110. The standard InChI is InChI=1S/C19H19Cl2NO/c20-17-7-4-8-18(21)16(17)13-15-10-12-22(19(15)23)11-9-14-5-2-1-3-6-14/h1-8,15H,9-13H2. The number of amides is 1. The molecule has 0 spiro atoms. The zero-order valence-corrected chi connectivity index (χ0v) is 14.4. The number of hydrogen-bond donors (Lipinski definition) is 0. The molecule has 1 unspecified atom stereocenters. The van der Waals surface area contributed by atoms with E-state index in [0.29, 0.717) is 16.5 Å². The number of halogens is 2. The molecular weight excluding hydrogens is 329 g/mol. The molecule has 2 aromatic carbocycles. The van der Waals surface area contributed by atoms with Gasteiger partial charge in [-0.1, -0.05) is 59.6 Å². The fraction of sp³-hybridized carbons (Fsp3) is 0.316. The quantitative estimate of drug-likeness (QED) is 0.772. The van der Waals surface area contributed by atoms with E-state index in [-0.39, 0.29) is 11.8 Å². The molecule has 1 aliphatic heterocycles. The molecule has 1 heterocycles. The highest BCUT2D eigenvalue weighted by atomic mass is 35.5. The lowest BCUT2D eigenvalue weighted by molar-refractivity contribution is -0.130. The van der Waals surface area contributed by atoms with Gasteiger partial charge in [0.15, 0.2) is 0 Å². The number of carbonyl (C=O) groups excluding carboxylic acids is 1. The minimum Gasteiger partial charge on any atom is -0.342 e. The van der Waals surface area contributed by atoms with Crippen molar-refractivity contribution in [1.29, 1.82) is 0 Å². The molecule has 0 radical (unpaired) electrons. The van der Waals surface area contributed by atoms with Gasteiger partial charge in [-0.15, -0.1) is 0 Å². The van der Waals surface area contributed by atoms with Crippen LogP contribution in [0.5, 0.6) is 0 Å². The highest BCUT2D eigenvalue weighted by Crippen LogP contribution is 2.30. The van der Waals surface area contributed by atoms with Crippen LogP contribution in [-0.2, 0) is 17.6 Å². The number of rotatable bonds is 5. The summed E-state index contributed by atoms with van der Waals surface area (Å²) < 4.78 is 0. The summed E-state index contributed by atoms with van der Waals surface area (Å²) in [5.41, 5.74) is 2.15. The number of nitrogens with zero attached hydrogens (tertiary/aromatic N) is 1. The predicted octanol–water partition coefficient (Wildman–Crippen LogP) is 4.63. The van der Waals surface area contributed by atoms with Crippen molar-refractivity contribution in [2.75, 3.05) is 13.1 Å². The largest absolute Gasteiger partial charge is 0.342 e. The van der Waals surface area contributed by atoms with Crippen LogP contribution in [-0.4, -0.2) is 23.9 Å². The van der Waals surface area contributed by atoms with Crippen molar-refractivity contribution in [2.24, 2.45) is 5.92 Å². The minimum absolute atomic E-state index is 0.0110. The third-order valence-corrected chi connectivity index (χ3v) is 5.14. The maximum absolute atomic E-state index is 12.6. The Kier molecular flexibility index (Phi) is 5.24. The number of benzene rings is 2.